The number of nitrogens with two attached hydrogens (primary N) is 1. The molecule has 0 bridgehead atoms. The number of sulfonamides is 1. The highest BCUT2D eigenvalue weighted by atomic mass is 32.2. The van der Waals surface area contributed by atoms with Crippen molar-refractivity contribution in [2.75, 3.05) is 5.32 Å². The van der Waals surface area contributed by atoms with Gasteiger partial charge in [-0.3, -0.25) is 0 Å². The Morgan fingerprint density at radius 1 is 1.29 bits per heavy atom. The van der Waals surface area contributed by atoms with Crippen LogP contribution in [0.1, 0.15) is 13.8 Å². The lowest BCUT2D eigenvalue weighted by molar-refractivity contribution is 0.425. The normalized spacial score (nSPS) is 11.6. The standard InChI is InChI=1S/C9H15BN2O4S/c1-6(2)12-8-3-7(10(13)14)4-9(5-8)17(11,15)16/h3-6,12-14H,1-2H3,(H2,11,15,16). The first-order chi connectivity index (χ1) is 7.70. The van der Waals surface area contributed by atoms with E-state index in [4.69, 9.17) is 15.2 Å². The van der Waals surface area contributed by atoms with E-state index in [9.17, 15) is 8.42 Å². The molecule has 1 aromatic rings. The molecule has 1 rings (SSSR count). The van der Waals surface area contributed by atoms with Gasteiger partial charge in [-0.2, -0.15) is 0 Å². The second-order valence-corrected chi connectivity index (χ2v) is 5.57. The van der Waals surface area contributed by atoms with E-state index in [0.717, 1.165) is 6.07 Å². The number of hydrogen-bond acceptors (Lipinski definition) is 5. The zero-order valence-corrected chi connectivity index (χ0v) is 10.4. The van der Waals surface area contributed by atoms with Crippen LogP contribution in [0.2, 0.25) is 0 Å². The van der Waals surface area contributed by atoms with Gasteiger partial charge in [-0.1, -0.05) is 0 Å². The van der Waals surface area contributed by atoms with Crippen LogP contribution in [0.15, 0.2) is 23.1 Å². The fourth-order valence-electron chi connectivity index (χ4n) is 1.35. The maximum Gasteiger partial charge on any atom is 0.488 e. The average molecular weight is 258 g/mol. The number of primary sulfonamides is 1. The number of anilines is 1. The van der Waals surface area contributed by atoms with E-state index in [0.29, 0.717) is 5.69 Å². The van der Waals surface area contributed by atoms with Crippen molar-refractivity contribution in [3.8, 4) is 0 Å². The van der Waals surface area contributed by atoms with E-state index in [2.05, 4.69) is 5.32 Å². The highest BCUT2D eigenvalue weighted by molar-refractivity contribution is 7.89. The molecule has 1 aromatic carbocycles. The molecule has 0 unspecified atom stereocenters. The molecule has 0 aliphatic heterocycles. The second kappa shape index (κ2) is 5.05. The molecule has 17 heavy (non-hydrogen) atoms. The lowest BCUT2D eigenvalue weighted by atomic mass is 9.80. The van der Waals surface area contributed by atoms with Gasteiger partial charge in [0.15, 0.2) is 0 Å². The molecule has 0 aromatic heterocycles. The van der Waals surface area contributed by atoms with Crippen LogP contribution in [0.25, 0.3) is 0 Å². The highest BCUT2D eigenvalue weighted by Gasteiger charge is 2.17. The predicted molar refractivity (Wildman–Crippen MR) is 66.4 cm³/mol. The van der Waals surface area contributed by atoms with Gasteiger partial charge in [-0.15, -0.1) is 0 Å². The molecule has 0 saturated carbocycles. The topological polar surface area (TPSA) is 113 Å². The van der Waals surface area contributed by atoms with Gasteiger partial charge in [0.05, 0.1) is 4.90 Å². The quantitative estimate of drug-likeness (QED) is 0.508. The molecule has 5 N–H and O–H groups in total. The van der Waals surface area contributed by atoms with E-state index in [-0.39, 0.29) is 16.4 Å². The van der Waals surface area contributed by atoms with Crippen molar-refractivity contribution in [3.63, 3.8) is 0 Å². The van der Waals surface area contributed by atoms with Crippen LogP contribution in [-0.2, 0) is 10.0 Å². The summed E-state index contributed by atoms with van der Waals surface area (Å²) < 4.78 is 22.5. The summed E-state index contributed by atoms with van der Waals surface area (Å²) >= 11 is 0. The monoisotopic (exact) mass is 258 g/mol. The van der Waals surface area contributed by atoms with Gasteiger partial charge >= 0.3 is 7.12 Å². The van der Waals surface area contributed by atoms with Gasteiger partial charge in [0, 0.05) is 11.7 Å². The first-order valence-corrected chi connectivity index (χ1v) is 6.55. The molecule has 0 atom stereocenters. The van der Waals surface area contributed by atoms with Crippen LogP contribution in [-0.4, -0.2) is 31.6 Å². The van der Waals surface area contributed by atoms with E-state index < -0.39 is 17.1 Å². The summed E-state index contributed by atoms with van der Waals surface area (Å²) in [7, 11) is -5.63. The summed E-state index contributed by atoms with van der Waals surface area (Å²) in [6, 6.07) is 4.01. The first-order valence-electron chi connectivity index (χ1n) is 5.00. The smallest absolute Gasteiger partial charge is 0.423 e. The largest absolute Gasteiger partial charge is 0.488 e. The molecular formula is C9H15BN2O4S. The van der Waals surface area contributed by atoms with Gasteiger partial charge in [0.2, 0.25) is 10.0 Å². The van der Waals surface area contributed by atoms with Crippen molar-refractivity contribution in [2.45, 2.75) is 24.8 Å². The fraction of sp³-hybridized carbons (Fsp3) is 0.333. The minimum atomic E-state index is -3.88. The van der Waals surface area contributed by atoms with Crippen molar-refractivity contribution in [1.29, 1.82) is 0 Å². The third-order valence-corrected chi connectivity index (χ3v) is 2.90. The minimum absolute atomic E-state index is 0.0691. The highest BCUT2D eigenvalue weighted by Crippen LogP contribution is 2.14. The van der Waals surface area contributed by atoms with E-state index in [1.54, 1.807) is 0 Å². The van der Waals surface area contributed by atoms with E-state index in [1.165, 1.54) is 12.1 Å². The Bertz CT molecular complexity index is 502. The summed E-state index contributed by atoms with van der Waals surface area (Å²) in [4.78, 5) is -0.161. The van der Waals surface area contributed by atoms with E-state index in [1.807, 2.05) is 13.8 Å². The summed E-state index contributed by atoms with van der Waals surface area (Å²) in [5, 5.41) is 26.1. The first kappa shape index (κ1) is 14.0. The van der Waals surface area contributed by atoms with Crippen molar-refractivity contribution in [2.24, 2.45) is 5.14 Å². The summed E-state index contributed by atoms with van der Waals surface area (Å²) in [6.45, 7) is 3.75. The van der Waals surface area contributed by atoms with Crippen molar-refractivity contribution < 1.29 is 18.5 Å². The van der Waals surface area contributed by atoms with Crippen molar-refractivity contribution >= 4 is 28.3 Å². The van der Waals surface area contributed by atoms with Crippen LogP contribution in [0.3, 0.4) is 0 Å². The fourth-order valence-corrected chi connectivity index (χ4v) is 1.94. The lowest BCUT2D eigenvalue weighted by Crippen LogP contribution is -2.31. The van der Waals surface area contributed by atoms with Gasteiger partial charge in [-0.25, -0.2) is 13.6 Å². The average Bonchev–Trinajstić information content (AvgIpc) is 2.14. The molecule has 94 valence electrons. The van der Waals surface area contributed by atoms with Crippen LogP contribution in [0.5, 0.6) is 0 Å². The number of hydrogen-bond donors (Lipinski definition) is 4. The molecule has 0 fully saturated rings. The molecule has 0 aliphatic carbocycles. The SMILES string of the molecule is CC(C)Nc1cc(B(O)O)cc(S(N)(=O)=O)c1. The molecule has 0 radical (unpaired) electrons. The van der Waals surface area contributed by atoms with Crippen molar-refractivity contribution in [3.05, 3.63) is 18.2 Å². The molecule has 0 amide bonds. The Balaban J connectivity index is 3.29. The Hall–Kier alpha value is -1.09. The Morgan fingerprint density at radius 3 is 2.29 bits per heavy atom. The summed E-state index contributed by atoms with van der Waals surface area (Å²) in [6.07, 6.45) is 0. The molecule has 0 saturated heterocycles. The van der Waals surface area contributed by atoms with Crippen LogP contribution in [0, 0.1) is 0 Å². The zero-order chi connectivity index (χ0) is 13.2. The predicted octanol–water partition coefficient (Wildman–Crippen LogP) is -1.17. The molecule has 0 spiro atoms. The molecular weight excluding hydrogens is 243 g/mol. The second-order valence-electron chi connectivity index (χ2n) is 4.01. The van der Waals surface area contributed by atoms with Crippen molar-refractivity contribution in [1.82, 2.24) is 0 Å². The maximum absolute atomic E-state index is 11.2. The van der Waals surface area contributed by atoms with Gasteiger partial charge < -0.3 is 15.4 Å². The number of nitrogens with one attached hydrogen (secondary N) is 1. The van der Waals surface area contributed by atoms with Crippen LogP contribution >= 0.6 is 0 Å². The van der Waals surface area contributed by atoms with Gasteiger partial charge in [0.1, 0.15) is 0 Å². The number of benzene rings is 1. The molecule has 0 aliphatic rings. The number of rotatable bonds is 4. The van der Waals surface area contributed by atoms with Gasteiger partial charge in [0.25, 0.3) is 0 Å². The lowest BCUT2D eigenvalue weighted by Gasteiger charge is -2.13. The minimum Gasteiger partial charge on any atom is -0.423 e. The molecule has 8 heteroatoms. The van der Waals surface area contributed by atoms with Crippen LogP contribution in [0.4, 0.5) is 5.69 Å². The third kappa shape index (κ3) is 4.01. The van der Waals surface area contributed by atoms with Gasteiger partial charge in [-0.05, 0) is 37.5 Å². The van der Waals surface area contributed by atoms with Crippen LogP contribution < -0.4 is 15.9 Å². The Kier molecular flexibility index (Phi) is 4.15. The summed E-state index contributed by atoms with van der Waals surface area (Å²) in [5.41, 5.74) is 0.536. The Morgan fingerprint density at radius 2 is 1.88 bits per heavy atom. The van der Waals surface area contributed by atoms with E-state index >= 15 is 0 Å². The molecule has 6 nitrogen and oxygen atoms in total. The summed E-state index contributed by atoms with van der Waals surface area (Å²) in [5.74, 6) is 0. The third-order valence-electron chi connectivity index (χ3n) is 2.01. The zero-order valence-electron chi connectivity index (χ0n) is 9.58. The Labute approximate surface area is 101 Å². The maximum atomic E-state index is 11.2. The molecule has 0 heterocycles.